The van der Waals surface area contributed by atoms with Gasteiger partial charge in [-0.3, -0.25) is 9.59 Å². The molecule has 96 valence electrons. The standard InChI is InChI=1S/C15H12O4/c1-2-19-14(17)8-7-10-9-13(16)11-5-3-4-6-12(11)15(10)18/h3-9H,2H2,1H3. The van der Waals surface area contributed by atoms with Crippen LogP contribution in [0.25, 0.3) is 0 Å². The number of benzene rings is 1. The van der Waals surface area contributed by atoms with Gasteiger partial charge in [-0.25, -0.2) is 4.79 Å². The summed E-state index contributed by atoms with van der Waals surface area (Å²) in [4.78, 5) is 35.1. The zero-order chi connectivity index (χ0) is 13.8. The molecule has 0 spiro atoms. The van der Waals surface area contributed by atoms with Gasteiger partial charge in [-0.05, 0) is 19.1 Å². The SMILES string of the molecule is CCOC(=O)C=CC1=CC(=O)c2ccccc2C1=O. The Kier molecular flexibility index (Phi) is 3.71. The smallest absolute Gasteiger partial charge is 0.330 e. The summed E-state index contributed by atoms with van der Waals surface area (Å²) >= 11 is 0. The second-order valence-corrected chi connectivity index (χ2v) is 3.92. The van der Waals surface area contributed by atoms with Crippen LogP contribution in [0.1, 0.15) is 27.6 Å². The molecule has 0 unspecified atom stereocenters. The largest absolute Gasteiger partial charge is 0.463 e. The number of Topliss-reactive ketones (excluding diaryl/α,β-unsaturated/α-hetero) is 1. The number of ketones is 2. The molecule has 0 saturated heterocycles. The predicted octanol–water partition coefficient (Wildman–Crippen LogP) is 2.11. The van der Waals surface area contributed by atoms with Gasteiger partial charge in [-0.15, -0.1) is 0 Å². The monoisotopic (exact) mass is 256 g/mol. The van der Waals surface area contributed by atoms with Crippen molar-refractivity contribution in [1.29, 1.82) is 0 Å². The van der Waals surface area contributed by atoms with Gasteiger partial charge in [-0.1, -0.05) is 24.3 Å². The third kappa shape index (κ3) is 2.68. The summed E-state index contributed by atoms with van der Waals surface area (Å²) in [5, 5.41) is 0. The number of carbonyl (C=O) groups is 3. The average Bonchev–Trinajstić information content (AvgIpc) is 2.42. The molecule has 4 heteroatoms. The summed E-state index contributed by atoms with van der Waals surface area (Å²) < 4.78 is 4.72. The van der Waals surface area contributed by atoms with Crippen molar-refractivity contribution in [1.82, 2.24) is 0 Å². The van der Waals surface area contributed by atoms with Crippen LogP contribution in [0.4, 0.5) is 0 Å². The molecule has 4 nitrogen and oxygen atoms in total. The number of ether oxygens (including phenoxy) is 1. The highest BCUT2D eigenvalue weighted by atomic mass is 16.5. The van der Waals surface area contributed by atoms with Crippen LogP contribution in [0, 0.1) is 0 Å². The normalized spacial score (nSPS) is 14.3. The van der Waals surface area contributed by atoms with Gasteiger partial charge in [0.15, 0.2) is 11.6 Å². The summed E-state index contributed by atoms with van der Waals surface area (Å²) in [6.45, 7) is 1.95. The van der Waals surface area contributed by atoms with E-state index in [0.29, 0.717) is 11.1 Å². The lowest BCUT2D eigenvalue weighted by Gasteiger charge is -2.12. The lowest BCUT2D eigenvalue weighted by molar-refractivity contribution is -0.137. The number of allylic oxidation sites excluding steroid dienone is 3. The first-order valence-corrected chi connectivity index (χ1v) is 5.88. The molecule has 19 heavy (non-hydrogen) atoms. The number of esters is 1. The van der Waals surface area contributed by atoms with E-state index in [-0.39, 0.29) is 23.7 Å². The first-order chi connectivity index (χ1) is 9.13. The van der Waals surface area contributed by atoms with Crippen LogP contribution in [0.5, 0.6) is 0 Å². The highest BCUT2D eigenvalue weighted by Gasteiger charge is 2.23. The molecule has 0 radical (unpaired) electrons. The Morgan fingerprint density at radius 1 is 1.21 bits per heavy atom. The van der Waals surface area contributed by atoms with Gasteiger partial charge in [0.1, 0.15) is 0 Å². The summed E-state index contributed by atoms with van der Waals surface area (Å²) in [7, 11) is 0. The molecule has 0 atom stereocenters. The van der Waals surface area contributed by atoms with Crippen LogP contribution in [0.3, 0.4) is 0 Å². The molecule has 2 rings (SSSR count). The van der Waals surface area contributed by atoms with Crippen LogP contribution < -0.4 is 0 Å². The first kappa shape index (κ1) is 13.0. The molecule has 0 bridgehead atoms. The maximum absolute atomic E-state index is 12.1. The fraction of sp³-hybridized carbons (Fsp3) is 0.133. The zero-order valence-electron chi connectivity index (χ0n) is 10.4. The van der Waals surface area contributed by atoms with E-state index in [0.717, 1.165) is 6.08 Å². The zero-order valence-corrected chi connectivity index (χ0v) is 10.4. The van der Waals surface area contributed by atoms with Gasteiger partial charge < -0.3 is 4.74 Å². The number of carbonyl (C=O) groups excluding carboxylic acids is 3. The molecule has 1 aliphatic carbocycles. The topological polar surface area (TPSA) is 60.4 Å². The van der Waals surface area contributed by atoms with Crippen molar-refractivity contribution in [3.8, 4) is 0 Å². The van der Waals surface area contributed by atoms with Crippen molar-refractivity contribution in [2.75, 3.05) is 6.61 Å². The fourth-order valence-electron chi connectivity index (χ4n) is 1.81. The fourth-order valence-corrected chi connectivity index (χ4v) is 1.81. The second-order valence-electron chi connectivity index (χ2n) is 3.92. The third-order valence-corrected chi connectivity index (χ3v) is 2.67. The van der Waals surface area contributed by atoms with E-state index in [1.165, 1.54) is 12.2 Å². The van der Waals surface area contributed by atoms with Crippen LogP contribution in [-0.4, -0.2) is 24.1 Å². The number of hydrogen-bond acceptors (Lipinski definition) is 4. The van der Waals surface area contributed by atoms with Gasteiger partial charge in [0.25, 0.3) is 0 Å². The van der Waals surface area contributed by atoms with Crippen molar-refractivity contribution >= 4 is 17.5 Å². The van der Waals surface area contributed by atoms with E-state index in [1.807, 2.05) is 0 Å². The Morgan fingerprint density at radius 2 is 1.89 bits per heavy atom. The molecule has 1 aromatic carbocycles. The van der Waals surface area contributed by atoms with E-state index in [9.17, 15) is 14.4 Å². The van der Waals surface area contributed by atoms with Crippen LogP contribution in [0.2, 0.25) is 0 Å². The van der Waals surface area contributed by atoms with E-state index in [1.54, 1.807) is 31.2 Å². The number of rotatable bonds is 3. The van der Waals surface area contributed by atoms with E-state index in [4.69, 9.17) is 4.74 Å². The Labute approximate surface area is 110 Å². The van der Waals surface area contributed by atoms with Gasteiger partial charge in [0.05, 0.1) is 6.61 Å². The maximum Gasteiger partial charge on any atom is 0.330 e. The summed E-state index contributed by atoms with van der Waals surface area (Å²) in [6.07, 6.45) is 3.70. The van der Waals surface area contributed by atoms with E-state index >= 15 is 0 Å². The average molecular weight is 256 g/mol. The van der Waals surface area contributed by atoms with Crippen molar-refractivity contribution < 1.29 is 19.1 Å². The van der Waals surface area contributed by atoms with Gasteiger partial charge in [0, 0.05) is 22.8 Å². The Balaban J connectivity index is 2.28. The molecule has 0 fully saturated rings. The lowest BCUT2D eigenvalue weighted by Crippen LogP contribution is -2.16. The third-order valence-electron chi connectivity index (χ3n) is 2.67. The molecule has 0 aliphatic heterocycles. The van der Waals surface area contributed by atoms with Crippen LogP contribution in [-0.2, 0) is 9.53 Å². The molecule has 0 saturated carbocycles. The van der Waals surface area contributed by atoms with Crippen molar-refractivity contribution in [2.24, 2.45) is 0 Å². The molecule has 1 aliphatic rings. The Morgan fingerprint density at radius 3 is 2.58 bits per heavy atom. The number of fused-ring (bicyclic) bond motifs is 1. The molecule has 1 aromatic rings. The van der Waals surface area contributed by atoms with Crippen molar-refractivity contribution in [3.63, 3.8) is 0 Å². The minimum Gasteiger partial charge on any atom is -0.463 e. The van der Waals surface area contributed by atoms with Crippen molar-refractivity contribution in [2.45, 2.75) is 6.92 Å². The summed E-state index contributed by atoms with van der Waals surface area (Å²) in [5.41, 5.74) is 0.941. The van der Waals surface area contributed by atoms with Gasteiger partial charge in [0.2, 0.25) is 0 Å². The minimum atomic E-state index is -0.539. The lowest BCUT2D eigenvalue weighted by atomic mass is 9.89. The molecular formula is C15H12O4. The van der Waals surface area contributed by atoms with Gasteiger partial charge >= 0.3 is 5.97 Å². The highest BCUT2D eigenvalue weighted by Crippen LogP contribution is 2.21. The molecule has 0 heterocycles. The van der Waals surface area contributed by atoms with E-state index in [2.05, 4.69) is 0 Å². The Bertz CT molecular complexity index is 608. The summed E-state index contributed by atoms with van der Waals surface area (Å²) in [5.74, 6) is -1.04. The molecule has 0 N–H and O–H groups in total. The maximum atomic E-state index is 12.1. The van der Waals surface area contributed by atoms with Crippen LogP contribution >= 0.6 is 0 Å². The first-order valence-electron chi connectivity index (χ1n) is 5.88. The van der Waals surface area contributed by atoms with Crippen LogP contribution in [0.15, 0.2) is 48.1 Å². The molecule has 0 amide bonds. The second kappa shape index (κ2) is 5.44. The quantitative estimate of drug-likeness (QED) is 0.614. The predicted molar refractivity (Wildman–Crippen MR) is 69.0 cm³/mol. The molecule has 0 aromatic heterocycles. The summed E-state index contributed by atoms with van der Waals surface area (Å²) in [6, 6.07) is 6.61. The van der Waals surface area contributed by atoms with Crippen molar-refractivity contribution in [3.05, 3.63) is 59.2 Å². The van der Waals surface area contributed by atoms with E-state index < -0.39 is 5.97 Å². The molecular weight excluding hydrogens is 244 g/mol. The Hall–Kier alpha value is -2.49. The highest BCUT2D eigenvalue weighted by molar-refractivity contribution is 6.25. The minimum absolute atomic E-state index is 0.191. The van der Waals surface area contributed by atoms with Gasteiger partial charge in [-0.2, -0.15) is 0 Å². The number of hydrogen-bond donors (Lipinski definition) is 0.